The lowest BCUT2D eigenvalue weighted by molar-refractivity contribution is 0.0696. The van der Waals surface area contributed by atoms with Crippen molar-refractivity contribution in [3.05, 3.63) is 17.8 Å². The highest BCUT2D eigenvalue weighted by Gasteiger charge is 2.17. The Kier molecular flexibility index (Phi) is 3.89. The first-order valence-corrected chi connectivity index (χ1v) is 6.70. The smallest absolute Gasteiger partial charge is 0.337 e. The van der Waals surface area contributed by atoms with Crippen LogP contribution in [0.25, 0.3) is 0 Å². The minimum absolute atomic E-state index is 0.149. The van der Waals surface area contributed by atoms with Crippen LogP contribution in [0.5, 0.6) is 0 Å². The third kappa shape index (κ3) is 3.12. The van der Waals surface area contributed by atoms with E-state index < -0.39 is 5.97 Å². The molecule has 92 valence electrons. The van der Waals surface area contributed by atoms with E-state index in [2.05, 4.69) is 4.98 Å². The van der Waals surface area contributed by atoms with E-state index in [9.17, 15) is 4.79 Å². The molecule has 17 heavy (non-hydrogen) atoms. The van der Waals surface area contributed by atoms with Gasteiger partial charge in [-0.15, -0.1) is 11.8 Å². The molecule has 0 aliphatic heterocycles. The van der Waals surface area contributed by atoms with Gasteiger partial charge in [-0.25, -0.2) is 9.78 Å². The van der Waals surface area contributed by atoms with E-state index in [1.807, 2.05) is 0 Å². The minimum atomic E-state index is -0.988. The van der Waals surface area contributed by atoms with E-state index in [0.29, 0.717) is 10.9 Å². The summed E-state index contributed by atoms with van der Waals surface area (Å²) in [5, 5.41) is 10.2. The van der Waals surface area contributed by atoms with Crippen LogP contribution in [0.1, 0.15) is 42.5 Å². The van der Waals surface area contributed by atoms with Crippen molar-refractivity contribution in [2.24, 2.45) is 0 Å². The Morgan fingerprint density at radius 1 is 1.41 bits per heavy atom. The van der Waals surface area contributed by atoms with Gasteiger partial charge in [-0.1, -0.05) is 19.3 Å². The molecule has 1 aliphatic carbocycles. The lowest BCUT2D eigenvalue weighted by atomic mass is 10.0. The molecule has 1 fully saturated rings. The molecular formula is C12H16N2O2S. The fraction of sp³-hybridized carbons (Fsp3) is 0.500. The number of aromatic carboxylic acids is 1. The number of nitrogen functional groups attached to an aromatic ring is 1. The molecule has 1 aromatic rings. The second kappa shape index (κ2) is 5.40. The van der Waals surface area contributed by atoms with E-state index in [0.717, 1.165) is 5.03 Å². The number of aromatic nitrogens is 1. The van der Waals surface area contributed by atoms with Crippen molar-refractivity contribution in [3.8, 4) is 0 Å². The monoisotopic (exact) mass is 252 g/mol. The van der Waals surface area contributed by atoms with Gasteiger partial charge in [0.15, 0.2) is 0 Å². The maximum absolute atomic E-state index is 10.8. The molecule has 3 N–H and O–H groups in total. The highest BCUT2D eigenvalue weighted by atomic mass is 32.2. The van der Waals surface area contributed by atoms with E-state index >= 15 is 0 Å². The number of nitrogens with zero attached hydrogens (tertiary/aromatic N) is 1. The topological polar surface area (TPSA) is 76.2 Å². The standard InChI is InChI=1S/C12H16N2O2S/c13-10-6-8(12(15)16)7-14-11(10)17-9-4-2-1-3-5-9/h6-7,9H,1-5,13H2,(H,15,16). The van der Waals surface area contributed by atoms with Crippen LogP contribution in [-0.4, -0.2) is 21.3 Å². The summed E-state index contributed by atoms with van der Waals surface area (Å²) in [6.07, 6.45) is 7.64. The summed E-state index contributed by atoms with van der Waals surface area (Å²) in [6, 6.07) is 1.49. The molecule has 1 heterocycles. The van der Waals surface area contributed by atoms with Crippen LogP contribution in [-0.2, 0) is 0 Å². The highest BCUT2D eigenvalue weighted by Crippen LogP contribution is 2.35. The lowest BCUT2D eigenvalue weighted by Crippen LogP contribution is -2.09. The molecule has 0 radical (unpaired) electrons. The van der Waals surface area contributed by atoms with E-state index in [1.54, 1.807) is 11.8 Å². The predicted octanol–water partition coefficient (Wildman–Crippen LogP) is 2.79. The average molecular weight is 252 g/mol. The van der Waals surface area contributed by atoms with Crippen molar-refractivity contribution >= 4 is 23.4 Å². The first-order chi connectivity index (χ1) is 8.16. The quantitative estimate of drug-likeness (QED) is 0.865. The summed E-state index contributed by atoms with van der Waals surface area (Å²) in [7, 11) is 0. The molecule has 1 aliphatic rings. The van der Waals surface area contributed by atoms with Gasteiger partial charge in [-0.05, 0) is 18.9 Å². The first-order valence-electron chi connectivity index (χ1n) is 5.82. The van der Waals surface area contributed by atoms with Crippen LogP contribution >= 0.6 is 11.8 Å². The Balaban J connectivity index is 2.08. The van der Waals surface area contributed by atoms with Crippen molar-refractivity contribution in [2.45, 2.75) is 42.4 Å². The second-order valence-corrected chi connectivity index (χ2v) is 5.59. The van der Waals surface area contributed by atoms with Gasteiger partial charge < -0.3 is 10.8 Å². The largest absolute Gasteiger partial charge is 0.478 e. The maximum atomic E-state index is 10.8. The van der Waals surface area contributed by atoms with Gasteiger partial charge in [0.25, 0.3) is 0 Å². The number of carboxylic acids is 1. The van der Waals surface area contributed by atoms with Gasteiger partial charge in [0.1, 0.15) is 5.03 Å². The number of rotatable bonds is 3. The molecule has 0 spiro atoms. The van der Waals surface area contributed by atoms with Crippen LogP contribution in [0.2, 0.25) is 0 Å². The molecule has 4 nitrogen and oxygen atoms in total. The summed E-state index contributed by atoms with van der Waals surface area (Å²) < 4.78 is 0. The zero-order chi connectivity index (χ0) is 12.3. The fourth-order valence-corrected chi connectivity index (χ4v) is 3.22. The Bertz CT molecular complexity index is 417. The molecule has 0 bridgehead atoms. The van der Waals surface area contributed by atoms with Crippen LogP contribution in [0.15, 0.2) is 17.3 Å². The number of carbonyl (C=O) groups is 1. The third-order valence-corrected chi connectivity index (χ3v) is 4.33. The molecule has 0 aromatic carbocycles. The molecule has 1 aromatic heterocycles. The van der Waals surface area contributed by atoms with Gasteiger partial charge >= 0.3 is 5.97 Å². The van der Waals surface area contributed by atoms with Crippen molar-refractivity contribution in [1.82, 2.24) is 4.98 Å². The number of hydrogen-bond donors (Lipinski definition) is 2. The molecule has 0 atom stereocenters. The summed E-state index contributed by atoms with van der Waals surface area (Å²) in [6.45, 7) is 0. The average Bonchev–Trinajstić information content (AvgIpc) is 2.33. The molecule has 5 heteroatoms. The number of thioether (sulfide) groups is 1. The highest BCUT2D eigenvalue weighted by molar-refractivity contribution is 8.00. The zero-order valence-electron chi connectivity index (χ0n) is 9.56. The number of nitrogens with two attached hydrogens (primary N) is 1. The molecule has 0 unspecified atom stereocenters. The number of anilines is 1. The summed E-state index contributed by atoms with van der Waals surface area (Å²) in [4.78, 5) is 14.9. The number of carboxylic acid groups (broad SMARTS) is 1. The molecular weight excluding hydrogens is 236 g/mol. The van der Waals surface area contributed by atoms with Crippen molar-refractivity contribution in [3.63, 3.8) is 0 Å². The normalized spacial score (nSPS) is 16.9. The van der Waals surface area contributed by atoms with Gasteiger partial charge in [0.2, 0.25) is 0 Å². The SMILES string of the molecule is Nc1cc(C(=O)O)cnc1SC1CCCCC1. The molecule has 2 rings (SSSR count). The van der Waals surface area contributed by atoms with E-state index in [4.69, 9.17) is 10.8 Å². The first kappa shape index (κ1) is 12.2. The summed E-state index contributed by atoms with van der Waals surface area (Å²) in [5.74, 6) is -0.988. The number of hydrogen-bond acceptors (Lipinski definition) is 4. The van der Waals surface area contributed by atoms with Crippen molar-refractivity contribution in [2.75, 3.05) is 5.73 Å². The Hall–Kier alpha value is -1.23. The minimum Gasteiger partial charge on any atom is -0.478 e. The second-order valence-electron chi connectivity index (χ2n) is 4.30. The Morgan fingerprint density at radius 2 is 2.12 bits per heavy atom. The Labute approximate surface area is 105 Å². The number of pyridine rings is 1. The molecule has 0 saturated heterocycles. The van der Waals surface area contributed by atoms with E-state index in [-0.39, 0.29) is 5.56 Å². The Morgan fingerprint density at radius 3 is 2.71 bits per heavy atom. The fourth-order valence-electron chi connectivity index (χ4n) is 2.03. The van der Waals surface area contributed by atoms with Gasteiger partial charge in [0.05, 0.1) is 11.3 Å². The van der Waals surface area contributed by atoms with E-state index in [1.165, 1.54) is 44.4 Å². The maximum Gasteiger partial charge on any atom is 0.337 e. The summed E-state index contributed by atoms with van der Waals surface area (Å²) >= 11 is 1.68. The lowest BCUT2D eigenvalue weighted by Gasteiger charge is -2.20. The van der Waals surface area contributed by atoms with Crippen molar-refractivity contribution < 1.29 is 9.90 Å². The zero-order valence-corrected chi connectivity index (χ0v) is 10.4. The van der Waals surface area contributed by atoms with Gasteiger partial charge in [0, 0.05) is 11.4 Å². The molecule has 1 saturated carbocycles. The predicted molar refractivity (Wildman–Crippen MR) is 68.3 cm³/mol. The van der Waals surface area contributed by atoms with Crippen LogP contribution in [0, 0.1) is 0 Å². The van der Waals surface area contributed by atoms with Crippen molar-refractivity contribution in [1.29, 1.82) is 0 Å². The van der Waals surface area contributed by atoms with Crippen LogP contribution in [0.3, 0.4) is 0 Å². The van der Waals surface area contributed by atoms with Crippen LogP contribution < -0.4 is 5.73 Å². The van der Waals surface area contributed by atoms with Crippen LogP contribution in [0.4, 0.5) is 5.69 Å². The summed E-state index contributed by atoms with van der Waals surface area (Å²) in [5.41, 5.74) is 6.45. The van der Waals surface area contributed by atoms with Gasteiger partial charge in [-0.2, -0.15) is 0 Å². The third-order valence-electron chi connectivity index (χ3n) is 2.96. The van der Waals surface area contributed by atoms with Gasteiger partial charge in [-0.3, -0.25) is 0 Å². The molecule has 0 amide bonds.